The third-order valence-electron chi connectivity index (χ3n) is 3.73. The molecular weight excluding hydrogens is 292 g/mol. The highest BCUT2D eigenvalue weighted by Gasteiger charge is 2.10. The number of aromatic nitrogens is 2. The number of hydrogen-bond acceptors (Lipinski definition) is 4. The van der Waals surface area contributed by atoms with Crippen molar-refractivity contribution >= 4 is 23.0 Å². The van der Waals surface area contributed by atoms with Gasteiger partial charge in [0, 0.05) is 25.6 Å². The summed E-state index contributed by atoms with van der Waals surface area (Å²) in [4.78, 5) is 15.8. The van der Waals surface area contributed by atoms with Crippen LogP contribution in [0.25, 0.3) is 17.1 Å². The van der Waals surface area contributed by atoms with Gasteiger partial charge in [-0.1, -0.05) is 19.4 Å². The number of nitrogens with zero attached hydrogens (tertiary/aromatic N) is 2. The van der Waals surface area contributed by atoms with Crippen LogP contribution in [0.1, 0.15) is 31.2 Å². The molecule has 0 aliphatic heterocycles. The third-order valence-corrected chi connectivity index (χ3v) is 3.73. The summed E-state index contributed by atoms with van der Waals surface area (Å²) in [6.07, 6.45) is 6.17. The molecule has 0 fully saturated rings. The van der Waals surface area contributed by atoms with Crippen molar-refractivity contribution in [1.82, 2.24) is 20.3 Å². The van der Waals surface area contributed by atoms with E-state index in [9.17, 15) is 4.79 Å². The van der Waals surface area contributed by atoms with Crippen molar-refractivity contribution in [3.8, 4) is 0 Å². The van der Waals surface area contributed by atoms with Crippen LogP contribution in [0, 0.1) is 0 Å². The fraction of sp³-hybridized carbons (Fsp3) is 0.412. The molecule has 2 rings (SSSR count). The number of hydrogen-bond donors (Lipinski definition) is 3. The number of carbonyl (C=O) groups excluding carboxylic acids is 1. The Morgan fingerprint density at radius 3 is 2.96 bits per heavy atom. The van der Waals surface area contributed by atoms with Crippen LogP contribution in [0.3, 0.4) is 0 Å². The Morgan fingerprint density at radius 1 is 1.43 bits per heavy atom. The molecule has 23 heavy (non-hydrogen) atoms. The maximum Gasteiger partial charge on any atom is 0.267 e. The molecule has 0 atom stereocenters. The normalized spacial score (nSPS) is 11.4. The summed E-state index contributed by atoms with van der Waals surface area (Å²) in [6, 6.07) is 5.94. The zero-order chi connectivity index (χ0) is 16.7. The first-order chi connectivity index (χ1) is 11.2. The van der Waals surface area contributed by atoms with E-state index in [1.165, 1.54) is 6.08 Å². The van der Waals surface area contributed by atoms with E-state index in [0.29, 0.717) is 0 Å². The van der Waals surface area contributed by atoms with Gasteiger partial charge in [-0.2, -0.15) is 0 Å². The van der Waals surface area contributed by atoms with Gasteiger partial charge in [0.25, 0.3) is 5.91 Å². The second kappa shape index (κ2) is 8.45. The number of rotatable bonds is 8. The fourth-order valence-corrected chi connectivity index (χ4v) is 2.51. The Balaban J connectivity index is 2.34. The lowest BCUT2D eigenvalue weighted by Crippen LogP contribution is -2.16. The number of aryl methyl sites for hydroxylation is 1. The van der Waals surface area contributed by atoms with Crippen molar-refractivity contribution in [2.45, 2.75) is 32.7 Å². The summed E-state index contributed by atoms with van der Waals surface area (Å²) >= 11 is 0. The molecule has 1 amide bonds. The summed E-state index contributed by atoms with van der Waals surface area (Å²) in [5, 5.41) is 11.7. The predicted molar refractivity (Wildman–Crippen MR) is 91.2 cm³/mol. The maximum absolute atomic E-state index is 11.1. The van der Waals surface area contributed by atoms with E-state index >= 15 is 0 Å². The van der Waals surface area contributed by atoms with Crippen LogP contribution in [-0.2, 0) is 17.8 Å². The van der Waals surface area contributed by atoms with Crippen molar-refractivity contribution in [3.63, 3.8) is 0 Å². The first-order valence-electron chi connectivity index (χ1n) is 7.95. The lowest BCUT2D eigenvalue weighted by atomic mass is 10.2. The molecule has 6 nitrogen and oxygen atoms in total. The van der Waals surface area contributed by atoms with Gasteiger partial charge in [0.05, 0.1) is 11.0 Å². The molecule has 0 bridgehead atoms. The minimum Gasteiger partial charge on any atom is -0.327 e. The van der Waals surface area contributed by atoms with E-state index in [1.54, 1.807) is 11.6 Å². The van der Waals surface area contributed by atoms with Gasteiger partial charge in [-0.15, -0.1) is 0 Å². The predicted octanol–water partition coefficient (Wildman–Crippen LogP) is 2.12. The minimum absolute atomic E-state index is 0.548. The summed E-state index contributed by atoms with van der Waals surface area (Å²) in [7, 11) is 1.94. The Hall–Kier alpha value is -2.18. The zero-order valence-electron chi connectivity index (χ0n) is 13.7. The van der Waals surface area contributed by atoms with Crippen LogP contribution in [0.5, 0.6) is 0 Å². The highest BCUT2D eigenvalue weighted by Crippen LogP contribution is 2.20. The summed E-state index contributed by atoms with van der Waals surface area (Å²) in [5.74, 6) is 0.555. The molecule has 1 heterocycles. The van der Waals surface area contributed by atoms with Crippen LogP contribution < -0.4 is 10.8 Å². The number of unbranched alkanes of at least 4 members (excludes halogenated alkanes) is 1. The van der Waals surface area contributed by atoms with Gasteiger partial charge in [0.2, 0.25) is 0 Å². The third kappa shape index (κ3) is 4.40. The number of benzene rings is 1. The molecule has 0 spiro atoms. The van der Waals surface area contributed by atoms with Crippen molar-refractivity contribution in [3.05, 3.63) is 35.7 Å². The summed E-state index contributed by atoms with van der Waals surface area (Å²) < 4.78 is 2.26. The van der Waals surface area contributed by atoms with Crippen LogP contribution in [0.15, 0.2) is 24.3 Å². The molecule has 1 aromatic heterocycles. The molecule has 0 aliphatic carbocycles. The van der Waals surface area contributed by atoms with E-state index in [1.807, 2.05) is 25.2 Å². The van der Waals surface area contributed by atoms with E-state index < -0.39 is 5.91 Å². The number of hydroxylamine groups is 1. The number of carbonyl (C=O) groups is 1. The molecule has 0 saturated heterocycles. The lowest BCUT2D eigenvalue weighted by Gasteiger charge is -2.08. The van der Waals surface area contributed by atoms with E-state index in [2.05, 4.69) is 16.8 Å². The van der Waals surface area contributed by atoms with Gasteiger partial charge in [0.1, 0.15) is 5.82 Å². The highest BCUT2D eigenvalue weighted by atomic mass is 16.5. The van der Waals surface area contributed by atoms with Crippen molar-refractivity contribution in [2.24, 2.45) is 0 Å². The molecule has 0 radical (unpaired) electrons. The molecule has 6 heteroatoms. The van der Waals surface area contributed by atoms with Crippen LogP contribution in [-0.4, -0.2) is 34.3 Å². The molecule has 3 N–H and O–H groups in total. The van der Waals surface area contributed by atoms with Crippen molar-refractivity contribution in [1.29, 1.82) is 0 Å². The van der Waals surface area contributed by atoms with Crippen molar-refractivity contribution in [2.75, 3.05) is 13.6 Å². The number of amides is 1. The van der Waals surface area contributed by atoms with Crippen LogP contribution >= 0.6 is 0 Å². The summed E-state index contributed by atoms with van der Waals surface area (Å²) in [5.41, 5.74) is 4.49. The van der Waals surface area contributed by atoms with E-state index in [-0.39, 0.29) is 0 Å². The first-order valence-corrected chi connectivity index (χ1v) is 7.95. The quantitative estimate of drug-likeness (QED) is 0.396. The molecular formula is C17H24N4O2. The smallest absolute Gasteiger partial charge is 0.267 e. The Kier molecular flexibility index (Phi) is 6.31. The number of likely N-dealkylation sites (N-methyl/N-ethyl adjacent to an activating group) is 1. The SMILES string of the molecule is CCCCc1nc2cc(/C=C/C(=O)NO)ccc2n1CCNC. The topological polar surface area (TPSA) is 79.2 Å². The second-order valence-corrected chi connectivity index (χ2v) is 5.44. The molecule has 2 aromatic rings. The highest BCUT2D eigenvalue weighted by molar-refractivity contribution is 5.91. The van der Waals surface area contributed by atoms with Gasteiger partial charge in [-0.05, 0) is 37.2 Å². The Morgan fingerprint density at radius 2 is 2.26 bits per heavy atom. The summed E-state index contributed by atoms with van der Waals surface area (Å²) in [6.45, 7) is 3.95. The first kappa shape index (κ1) is 17.2. The minimum atomic E-state index is -0.548. The zero-order valence-corrected chi connectivity index (χ0v) is 13.7. The largest absolute Gasteiger partial charge is 0.327 e. The molecule has 0 saturated carbocycles. The molecule has 1 aromatic carbocycles. The van der Waals surface area contributed by atoms with Crippen molar-refractivity contribution < 1.29 is 10.0 Å². The standard InChI is InChI=1S/C17H24N4O2/c1-3-4-5-16-19-14-12-13(7-9-17(22)20-23)6-8-15(14)21(16)11-10-18-2/h6-9,12,18,23H,3-5,10-11H2,1-2H3,(H,20,22)/b9-7+. The van der Waals surface area contributed by atoms with Gasteiger partial charge < -0.3 is 9.88 Å². The fourth-order valence-electron chi connectivity index (χ4n) is 2.51. The van der Waals surface area contributed by atoms with E-state index in [0.717, 1.165) is 54.8 Å². The van der Waals surface area contributed by atoms with Gasteiger partial charge >= 0.3 is 0 Å². The second-order valence-electron chi connectivity index (χ2n) is 5.44. The van der Waals surface area contributed by atoms with Crippen LogP contribution in [0.4, 0.5) is 0 Å². The van der Waals surface area contributed by atoms with Crippen LogP contribution in [0.2, 0.25) is 0 Å². The number of imidazole rings is 1. The molecule has 0 unspecified atom stereocenters. The molecule has 0 aliphatic rings. The van der Waals surface area contributed by atoms with Gasteiger partial charge in [-0.3, -0.25) is 10.0 Å². The van der Waals surface area contributed by atoms with E-state index in [4.69, 9.17) is 10.2 Å². The Labute approximate surface area is 136 Å². The average Bonchev–Trinajstić information content (AvgIpc) is 2.92. The van der Waals surface area contributed by atoms with Gasteiger partial charge in [-0.25, -0.2) is 10.5 Å². The number of nitrogens with one attached hydrogen (secondary N) is 2. The number of fused-ring (bicyclic) bond motifs is 1. The lowest BCUT2D eigenvalue weighted by molar-refractivity contribution is -0.124. The molecule has 124 valence electrons. The average molecular weight is 316 g/mol. The Bertz CT molecular complexity index is 691. The monoisotopic (exact) mass is 316 g/mol. The van der Waals surface area contributed by atoms with Gasteiger partial charge in [0.15, 0.2) is 0 Å². The maximum atomic E-state index is 11.1.